The Hall–Kier alpha value is -1.10. The second kappa shape index (κ2) is 6.37. The van der Waals surface area contributed by atoms with E-state index in [-0.39, 0.29) is 25.0 Å². The molecule has 0 unspecified atom stereocenters. The average Bonchev–Trinajstić information content (AvgIpc) is 2.83. The SMILES string of the molecule is COc1ccc(CN2C[C@@H](CO)[C@@H](CO)C2)c(C)c1. The molecule has 2 rings (SSSR count). The Bertz CT molecular complexity index is 410. The molecular weight excluding hydrogens is 242 g/mol. The lowest BCUT2D eigenvalue weighted by molar-refractivity contribution is 0.152. The van der Waals surface area contributed by atoms with Crippen LogP contribution in [-0.4, -0.2) is 48.5 Å². The van der Waals surface area contributed by atoms with Crippen molar-refractivity contribution < 1.29 is 14.9 Å². The van der Waals surface area contributed by atoms with E-state index in [4.69, 9.17) is 4.74 Å². The molecule has 0 radical (unpaired) electrons. The summed E-state index contributed by atoms with van der Waals surface area (Å²) in [7, 11) is 1.67. The number of rotatable bonds is 5. The lowest BCUT2D eigenvalue weighted by Crippen LogP contribution is -2.21. The molecule has 2 N–H and O–H groups in total. The van der Waals surface area contributed by atoms with E-state index in [0.29, 0.717) is 0 Å². The van der Waals surface area contributed by atoms with Crippen molar-refractivity contribution in [2.75, 3.05) is 33.4 Å². The fourth-order valence-electron chi connectivity index (χ4n) is 2.79. The summed E-state index contributed by atoms with van der Waals surface area (Å²) in [6.45, 7) is 4.97. The number of methoxy groups -OCH3 is 1. The van der Waals surface area contributed by atoms with E-state index in [0.717, 1.165) is 25.4 Å². The molecule has 0 bridgehead atoms. The van der Waals surface area contributed by atoms with Crippen LogP contribution in [0.1, 0.15) is 11.1 Å². The molecule has 0 amide bonds. The first kappa shape index (κ1) is 14.3. The Morgan fingerprint density at radius 3 is 2.32 bits per heavy atom. The van der Waals surface area contributed by atoms with Gasteiger partial charge in [0.25, 0.3) is 0 Å². The van der Waals surface area contributed by atoms with Crippen LogP contribution in [0, 0.1) is 18.8 Å². The molecule has 0 spiro atoms. The van der Waals surface area contributed by atoms with Crippen molar-refractivity contribution in [1.29, 1.82) is 0 Å². The molecule has 0 aliphatic carbocycles. The molecule has 1 heterocycles. The van der Waals surface area contributed by atoms with Crippen LogP contribution in [-0.2, 0) is 6.54 Å². The summed E-state index contributed by atoms with van der Waals surface area (Å²) in [5.74, 6) is 1.27. The van der Waals surface area contributed by atoms with Crippen molar-refractivity contribution in [1.82, 2.24) is 4.90 Å². The normalized spacial score (nSPS) is 23.8. The minimum atomic E-state index is 0.156. The van der Waals surface area contributed by atoms with Crippen LogP contribution in [0.5, 0.6) is 5.75 Å². The van der Waals surface area contributed by atoms with Gasteiger partial charge in [-0.2, -0.15) is 0 Å². The molecule has 4 heteroatoms. The van der Waals surface area contributed by atoms with Crippen molar-refractivity contribution in [2.24, 2.45) is 11.8 Å². The van der Waals surface area contributed by atoms with E-state index in [2.05, 4.69) is 17.9 Å². The molecule has 19 heavy (non-hydrogen) atoms. The third-order valence-electron chi connectivity index (χ3n) is 4.06. The van der Waals surface area contributed by atoms with E-state index in [1.165, 1.54) is 11.1 Å². The highest BCUT2D eigenvalue weighted by Crippen LogP contribution is 2.26. The van der Waals surface area contributed by atoms with E-state index in [1.807, 2.05) is 12.1 Å². The van der Waals surface area contributed by atoms with Crippen molar-refractivity contribution in [3.8, 4) is 5.75 Å². The number of aliphatic hydroxyl groups excluding tert-OH is 2. The van der Waals surface area contributed by atoms with Gasteiger partial charge < -0.3 is 14.9 Å². The predicted octanol–water partition coefficient (Wildman–Crippen LogP) is 1.04. The maximum atomic E-state index is 9.32. The van der Waals surface area contributed by atoms with E-state index >= 15 is 0 Å². The number of ether oxygens (including phenoxy) is 1. The highest BCUT2D eigenvalue weighted by atomic mass is 16.5. The molecule has 1 aromatic rings. The van der Waals surface area contributed by atoms with Gasteiger partial charge in [0.2, 0.25) is 0 Å². The van der Waals surface area contributed by atoms with Crippen molar-refractivity contribution in [3.63, 3.8) is 0 Å². The summed E-state index contributed by atoms with van der Waals surface area (Å²) in [5.41, 5.74) is 2.49. The topological polar surface area (TPSA) is 52.9 Å². The predicted molar refractivity (Wildman–Crippen MR) is 74.2 cm³/mol. The number of benzene rings is 1. The Kier molecular flexibility index (Phi) is 4.80. The van der Waals surface area contributed by atoms with Gasteiger partial charge in [-0.15, -0.1) is 0 Å². The van der Waals surface area contributed by atoms with Crippen molar-refractivity contribution in [2.45, 2.75) is 13.5 Å². The molecule has 1 aliphatic heterocycles. The zero-order valence-electron chi connectivity index (χ0n) is 11.7. The van der Waals surface area contributed by atoms with Gasteiger partial charge in [-0.1, -0.05) is 6.07 Å². The molecule has 1 fully saturated rings. The van der Waals surface area contributed by atoms with Gasteiger partial charge in [0, 0.05) is 44.7 Å². The van der Waals surface area contributed by atoms with Crippen molar-refractivity contribution in [3.05, 3.63) is 29.3 Å². The van der Waals surface area contributed by atoms with Gasteiger partial charge in [0.15, 0.2) is 0 Å². The first-order valence-corrected chi connectivity index (χ1v) is 6.75. The molecule has 1 aliphatic rings. The van der Waals surface area contributed by atoms with Crippen LogP contribution in [0.4, 0.5) is 0 Å². The standard InChI is InChI=1S/C15H23NO3/c1-11-5-15(19-2)4-3-12(11)6-16-7-13(9-17)14(8-16)10-18/h3-5,13-14,17-18H,6-10H2,1-2H3/t13-,14+. The second-order valence-corrected chi connectivity index (χ2v) is 5.37. The lowest BCUT2D eigenvalue weighted by Gasteiger charge is -2.17. The summed E-state index contributed by atoms with van der Waals surface area (Å²) < 4.78 is 5.21. The van der Waals surface area contributed by atoms with Crippen LogP contribution in [0.2, 0.25) is 0 Å². The van der Waals surface area contributed by atoms with Gasteiger partial charge in [0.05, 0.1) is 7.11 Å². The summed E-state index contributed by atoms with van der Waals surface area (Å²) in [5, 5.41) is 18.6. The molecule has 106 valence electrons. The van der Waals surface area contributed by atoms with Gasteiger partial charge in [-0.3, -0.25) is 4.90 Å². The average molecular weight is 265 g/mol. The monoisotopic (exact) mass is 265 g/mol. The van der Waals surface area contributed by atoms with Gasteiger partial charge in [0.1, 0.15) is 5.75 Å². The quantitative estimate of drug-likeness (QED) is 0.835. The van der Waals surface area contributed by atoms with Crippen LogP contribution >= 0.6 is 0 Å². The molecule has 1 saturated heterocycles. The van der Waals surface area contributed by atoms with Gasteiger partial charge >= 0.3 is 0 Å². The number of aliphatic hydroxyl groups is 2. The molecule has 2 atom stereocenters. The van der Waals surface area contributed by atoms with E-state index in [1.54, 1.807) is 7.11 Å². The highest BCUT2D eigenvalue weighted by Gasteiger charge is 2.31. The Balaban J connectivity index is 2.02. The lowest BCUT2D eigenvalue weighted by atomic mass is 9.98. The third-order valence-corrected chi connectivity index (χ3v) is 4.06. The maximum absolute atomic E-state index is 9.32. The number of hydrogen-bond acceptors (Lipinski definition) is 4. The van der Waals surface area contributed by atoms with Gasteiger partial charge in [-0.05, 0) is 30.2 Å². The van der Waals surface area contributed by atoms with Crippen LogP contribution < -0.4 is 4.74 Å². The van der Waals surface area contributed by atoms with Crippen LogP contribution in [0.15, 0.2) is 18.2 Å². The summed E-state index contributed by atoms with van der Waals surface area (Å²) in [6.07, 6.45) is 0. The molecular formula is C15H23NO3. The van der Waals surface area contributed by atoms with Crippen LogP contribution in [0.3, 0.4) is 0 Å². The molecule has 4 nitrogen and oxygen atoms in total. The smallest absolute Gasteiger partial charge is 0.119 e. The Morgan fingerprint density at radius 1 is 1.21 bits per heavy atom. The molecule has 0 saturated carbocycles. The molecule has 0 aromatic heterocycles. The first-order valence-electron chi connectivity index (χ1n) is 6.75. The Labute approximate surface area is 114 Å². The van der Waals surface area contributed by atoms with Crippen LogP contribution in [0.25, 0.3) is 0 Å². The zero-order chi connectivity index (χ0) is 13.8. The number of nitrogens with zero attached hydrogens (tertiary/aromatic N) is 1. The highest BCUT2D eigenvalue weighted by molar-refractivity contribution is 5.34. The van der Waals surface area contributed by atoms with Crippen molar-refractivity contribution >= 4 is 0 Å². The molecule has 1 aromatic carbocycles. The minimum Gasteiger partial charge on any atom is -0.497 e. The van der Waals surface area contributed by atoms with E-state index in [9.17, 15) is 10.2 Å². The van der Waals surface area contributed by atoms with Gasteiger partial charge in [-0.25, -0.2) is 0 Å². The van der Waals surface area contributed by atoms with E-state index < -0.39 is 0 Å². The largest absolute Gasteiger partial charge is 0.497 e. The third kappa shape index (κ3) is 3.26. The zero-order valence-corrected chi connectivity index (χ0v) is 11.7. The number of hydrogen-bond donors (Lipinski definition) is 2. The minimum absolute atomic E-state index is 0.156. The first-order chi connectivity index (χ1) is 9.17. The Morgan fingerprint density at radius 2 is 1.84 bits per heavy atom. The summed E-state index contributed by atoms with van der Waals surface area (Å²) >= 11 is 0. The number of likely N-dealkylation sites (tertiary alicyclic amines) is 1. The number of aryl methyl sites for hydroxylation is 1. The summed E-state index contributed by atoms with van der Waals surface area (Å²) in [4.78, 5) is 2.30. The second-order valence-electron chi connectivity index (χ2n) is 5.37. The fraction of sp³-hybridized carbons (Fsp3) is 0.600. The summed E-state index contributed by atoms with van der Waals surface area (Å²) in [6, 6.07) is 6.11. The fourth-order valence-corrected chi connectivity index (χ4v) is 2.79. The maximum Gasteiger partial charge on any atom is 0.119 e.